The van der Waals surface area contributed by atoms with Gasteiger partial charge in [0, 0.05) is 24.9 Å². The average Bonchev–Trinajstić information content (AvgIpc) is 2.78. The molecule has 0 aromatic heterocycles. The summed E-state index contributed by atoms with van der Waals surface area (Å²) in [4.78, 5) is 13.5. The van der Waals surface area contributed by atoms with Gasteiger partial charge in [-0.3, -0.25) is 10.1 Å². The predicted octanol–water partition coefficient (Wildman–Crippen LogP) is 1.76. The van der Waals surface area contributed by atoms with E-state index in [4.69, 9.17) is 5.26 Å². The van der Waals surface area contributed by atoms with Crippen LogP contribution in [0.4, 0.5) is 0 Å². The number of hydrogen-bond donors (Lipinski definition) is 1. The molecule has 0 unspecified atom stereocenters. The van der Waals surface area contributed by atoms with E-state index in [1.807, 2.05) is 18.2 Å². The molecule has 1 amide bonds. The van der Waals surface area contributed by atoms with E-state index in [0.717, 1.165) is 31.6 Å². The number of benzene rings is 1. The molecular formula is C14H15N3O. The van der Waals surface area contributed by atoms with Crippen molar-refractivity contribution in [2.75, 3.05) is 6.54 Å². The van der Waals surface area contributed by atoms with Gasteiger partial charge in [0.2, 0.25) is 0 Å². The maximum absolute atomic E-state index is 11.4. The fourth-order valence-electron chi connectivity index (χ4n) is 2.14. The lowest BCUT2D eigenvalue weighted by Gasteiger charge is -2.19. The zero-order chi connectivity index (χ0) is 12.8. The summed E-state index contributed by atoms with van der Waals surface area (Å²) in [6, 6.07) is 10.2. The Morgan fingerprint density at radius 2 is 2.22 bits per heavy atom. The molecule has 0 saturated carbocycles. The van der Waals surface area contributed by atoms with Crippen LogP contribution in [0, 0.1) is 11.5 Å². The number of likely N-dealkylation sites (tertiary alicyclic amines) is 1. The van der Waals surface area contributed by atoms with Gasteiger partial charge in [-0.2, -0.15) is 5.26 Å². The van der Waals surface area contributed by atoms with E-state index < -0.39 is 0 Å². The largest absolute Gasteiger partial charge is 0.370 e. The van der Waals surface area contributed by atoms with Gasteiger partial charge in [-0.1, -0.05) is 30.3 Å². The van der Waals surface area contributed by atoms with E-state index in [-0.39, 0.29) is 5.91 Å². The van der Waals surface area contributed by atoms with Crippen molar-refractivity contribution in [1.29, 1.82) is 5.26 Å². The minimum atomic E-state index is -0.340. The number of carbonyl (C=O) groups excluding carboxylic acids is 1. The number of nitrogens with one attached hydrogen (secondary N) is 1. The fourth-order valence-corrected chi connectivity index (χ4v) is 2.14. The third-order valence-corrected chi connectivity index (χ3v) is 2.96. The second kappa shape index (κ2) is 5.87. The van der Waals surface area contributed by atoms with Crippen molar-refractivity contribution in [2.24, 2.45) is 0 Å². The van der Waals surface area contributed by atoms with Crippen LogP contribution in [-0.2, 0) is 11.3 Å². The summed E-state index contributed by atoms with van der Waals surface area (Å²) in [6.07, 6.45) is 5.12. The molecule has 92 valence electrons. The Hall–Kier alpha value is -2.28. The van der Waals surface area contributed by atoms with Gasteiger partial charge in [0.1, 0.15) is 0 Å². The Balaban J connectivity index is 2.04. The van der Waals surface area contributed by atoms with Gasteiger partial charge in [0.15, 0.2) is 6.19 Å². The Bertz CT molecular complexity index is 488. The molecule has 1 saturated heterocycles. The highest BCUT2D eigenvalue weighted by Crippen LogP contribution is 2.23. The SMILES string of the molecule is N#CNC(=O)C=C1CCCN1Cc1ccccc1. The summed E-state index contributed by atoms with van der Waals surface area (Å²) in [5, 5.41) is 10.5. The maximum Gasteiger partial charge on any atom is 0.258 e. The van der Waals surface area contributed by atoms with Gasteiger partial charge in [0.25, 0.3) is 5.91 Å². The molecule has 2 rings (SSSR count). The molecule has 18 heavy (non-hydrogen) atoms. The monoisotopic (exact) mass is 241 g/mol. The van der Waals surface area contributed by atoms with Crippen LogP contribution in [0.5, 0.6) is 0 Å². The topological polar surface area (TPSA) is 56.1 Å². The standard InChI is InChI=1S/C14H15N3O/c15-11-16-14(18)9-13-7-4-8-17(13)10-12-5-2-1-3-6-12/h1-3,5-6,9H,4,7-8,10H2,(H,16,18). The number of allylic oxidation sites excluding steroid dienone is 1. The molecule has 0 radical (unpaired) electrons. The number of nitriles is 1. The van der Waals surface area contributed by atoms with Crippen LogP contribution in [0.1, 0.15) is 18.4 Å². The van der Waals surface area contributed by atoms with Gasteiger partial charge < -0.3 is 4.90 Å². The predicted molar refractivity (Wildman–Crippen MR) is 67.9 cm³/mol. The number of carbonyl (C=O) groups is 1. The molecule has 1 aromatic carbocycles. The average molecular weight is 241 g/mol. The fraction of sp³-hybridized carbons (Fsp3) is 0.286. The maximum atomic E-state index is 11.4. The smallest absolute Gasteiger partial charge is 0.258 e. The van der Waals surface area contributed by atoms with Crippen molar-refractivity contribution < 1.29 is 4.79 Å². The first-order chi connectivity index (χ1) is 8.79. The first-order valence-corrected chi connectivity index (χ1v) is 5.98. The number of hydrogen-bond acceptors (Lipinski definition) is 3. The molecule has 0 atom stereocenters. The minimum absolute atomic E-state index is 0.340. The summed E-state index contributed by atoms with van der Waals surface area (Å²) in [5.74, 6) is -0.340. The molecule has 1 aliphatic rings. The lowest BCUT2D eigenvalue weighted by molar-refractivity contribution is -0.115. The van der Waals surface area contributed by atoms with Gasteiger partial charge in [0.05, 0.1) is 0 Å². The molecule has 0 spiro atoms. The molecule has 4 heteroatoms. The third kappa shape index (κ3) is 3.11. The van der Waals surface area contributed by atoms with Gasteiger partial charge in [-0.15, -0.1) is 0 Å². The number of amides is 1. The third-order valence-electron chi connectivity index (χ3n) is 2.96. The molecule has 1 aliphatic heterocycles. The molecule has 1 N–H and O–H groups in total. The van der Waals surface area contributed by atoms with Crippen LogP contribution in [0.15, 0.2) is 42.1 Å². The van der Waals surface area contributed by atoms with Crippen LogP contribution in [0.2, 0.25) is 0 Å². The Morgan fingerprint density at radius 1 is 1.44 bits per heavy atom. The molecular weight excluding hydrogens is 226 g/mol. The van der Waals surface area contributed by atoms with E-state index in [9.17, 15) is 4.79 Å². The van der Waals surface area contributed by atoms with Gasteiger partial charge >= 0.3 is 0 Å². The second-order valence-electron chi connectivity index (χ2n) is 4.25. The first kappa shape index (κ1) is 12.2. The number of nitrogens with zero attached hydrogens (tertiary/aromatic N) is 2. The Morgan fingerprint density at radius 3 is 2.94 bits per heavy atom. The Labute approximate surface area is 107 Å². The van der Waals surface area contributed by atoms with Crippen LogP contribution in [0.25, 0.3) is 0 Å². The van der Waals surface area contributed by atoms with E-state index in [1.54, 1.807) is 6.19 Å². The van der Waals surface area contributed by atoms with E-state index in [2.05, 4.69) is 22.3 Å². The zero-order valence-electron chi connectivity index (χ0n) is 10.1. The van der Waals surface area contributed by atoms with Crippen molar-refractivity contribution in [3.63, 3.8) is 0 Å². The summed E-state index contributed by atoms with van der Waals surface area (Å²) in [7, 11) is 0. The quantitative estimate of drug-likeness (QED) is 0.498. The summed E-state index contributed by atoms with van der Waals surface area (Å²) in [6.45, 7) is 1.77. The molecule has 4 nitrogen and oxygen atoms in total. The Kier molecular flexibility index (Phi) is 3.98. The molecule has 1 heterocycles. The van der Waals surface area contributed by atoms with Crippen LogP contribution >= 0.6 is 0 Å². The van der Waals surface area contributed by atoms with Crippen molar-refractivity contribution in [1.82, 2.24) is 10.2 Å². The van der Waals surface area contributed by atoms with Crippen molar-refractivity contribution >= 4 is 5.91 Å². The van der Waals surface area contributed by atoms with E-state index in [0.29, 0.717) is 0 Å². The molecule has 1 aromatic rings. The highest BCUT2D eigenvalue weighted by Gasteiger charge is 2.17. The summed E-state index contributed by atoms with van der Waals surface area (Å²) < 4.78 is 0. The van der Waals surface area contributed by atoms with Gasteiger partial charge in [-0.05, 0) is 18.4 Å². The highest BCUT2D eigenvalue weighted by molar-refractivity contribution is 5.89. The lowest BCUT2D eigenvalue weighted by atomic mass is 10.2. The lowest BCUT2D eigenvalue weighted by Crippen LogP contribution is -2.21. The zero-order valence-corrected chi connectivity index (χ0v) is 10.1. The summed E-state index contributed by atoms with van der Waals surface area (Å²) in [5.41, 5.74) is 2.23. The van der Waals surface area contributed by atoms with Gasteiger partial charge in [-0.25, -0.2) is 0 Å². The molecule has 0 bridgehead atoms. The first-order valence-electron chi connectivity index (χ1n) is 5.98. The summed E-state index contributed by atoms with van der Waals surface area (Å²) >= 11 is 0. The van der Waals surface area contributed by atoms with Crippen molar-refractivity contribution in [3.8, 4) is 6.19 Å². The van der Waals surface area contributed by atoms with Crippen LogP contribution in [0.3, 0.4) is 0 Å². The number of rotatable bonds is 3. The normalized spacial score (nSPS) is 16.6. The van der Waals surface area contributed by atoms with Crippen LogP contribution < -0.4 is 5.32 Å². The molecule has 1 fully saturated rings. The van der Waals surface area contributed by atoms with Crippen molar-refractivity contribution in [2.45, 2.75) is 19.4 Å². The minimum Gasteiger partial charge on any atom is -0.370 e. The van der Waals surface area contributed by atoms with Crippen molar-refractivity contribution in [3.05, 3.63) is 47.7 Å². The molecule has 0 aliphatic carbocycles. The van der Waals surface area contributed by atoms with E-state index >= 15 is 0 Å². The van der Waals surface area contributed by atoms with Crippen LogP contribution in [-0.4, -0.2) is 17.4 Å². The second-order valence-corrected chi connectivity index (χ2v) is 4.25. The van der Waals surface area contributed by atoms with E-state index in [1.165, 1.54) is 11.6 Å². The highest BCUT2D eigenvalue weighted by atomic mass is 16.1.